The van der Waals surface area contributed by atoms with Crippen molar-refractivity contribution < 1.29 is 23.1 Å². The summed E-state index contributed by atoms with van der Waals surface area (Å²) in [5, 5.41) is 10.5. The van der Waals surface area contributed by atoms with Crippen molar-refractivity contribution in [3.63, 3.8) is 0 Å². The van der Waals surface area contributed by atoms with Crippen LogP contribution in [0.1, 0.15) is 24.2 Å². The van der Waals surface area contributed by atoms with Gasteiger partial charge in [0.25, 0.3) is 0 Å². The van der Waals surface area contributed by atoms with Gasteiger partial charge in [-0.2, -0.15) is 13.2 Å². The highest BCUT2D eigenvalue weighted by atomic mass is 19.4. The molecule has 0 saturated heterocycles. The Morgan fingerprint density at radius 3 is 2.50 bits per heavy atom. The van der Waals surface area contributed by atoms with Crippen molar-refractivity contribution in [2.45, 2.75) is 19.1 Å². The molecule has 0 aliphatic rings. The van der Waals surface area contributed by atoms with Crippen LogP contribution in [-0.4, -0.2) is 16.2 Å². The van der Waals surface area contributed by atoms with Crippen molar-refractivity contribution >= 4 is 6.09 Å². The fraction of sp³-hybridized carbons (Fsp3) is 0.333. The van der Waals surface area contributed by atoms with E-state index in [1.807, 2.05) is 0 Å². The number of pyridine rings is 1. The van der Waals surface area contributed by atoms with E-state index in [2.05, 4.69) is 10.3 Å². The van der Waals surface area contributed by atoms with Crippen LogP contribution in [0.5, 0.6) is 0 Å². The summed E-state index contributed by atoms with van der Waals surface area (Å²) in [6.07, 6.45) is -4.72. The van der Waals surface area contributed by atoms with Gasteiger partial charge in [0.05, 0.1) is 6.04 Å². The fourth-order valence-corrected chi connectivity index (χ4v) is 1.10. The zero-order valence-electron chi connectivity index (χ0n) is 8.25. The normalized spacial score (nSPS) is 13.2. The highest BCUT2D eigenvalue weighted by Gasteiger charge is 2.32. The Balaban J connectivity index is 2.83. The standard InChI is InChI=1S/C9H9F3N2O2/c1-5(14-8(15)16)6-2-3-7(13-4-6)9(10,11)12/h2-5,14H,1H3,(H,15,16)/t5-/m1/s1. The molecule has 7 heteroatoms. The first-order valence-electron chi connectivity index (χ1n) is 4.33. The molecule has 4 nitrogen and oxygen atoms in total. The largest absolute Gasteiger partial charge is 0.465 e. The molecule has 0 radical (unpaired) electrons. The summed E-state index contributed by atoms with van der Waals surface area (Å²) in [4.78, 5) is 13.5. The Morgan fingerprint density at radius 2 is 2.12 bits per heavy atom. The molecule has 0 aliphatic carbocycles. The summed E-state index contributed by atoms with van der Waals surface area (Å²) < 4.78 is 36.5. The number of carboxylic acid groups (broad SMARTS) is 1. The molecule has 0 bridgehead atoms. The van der Waals surface area contributed by atoms with E-state index in [-0.39, 0.29) is 0 Å². The van der Waals surface area contributed by atoms with Crippen molar-refractivity contribution in [3.05, 3.63) is 29.6 Å². The van der Waals surface area contributed by atoms with Gasteiger partial charge in [0.2, 0.25) is 0 Å². The smallest absolute Gasteiger partial charge is 0.433 e. The molecular weight excluding hydrogens is 225 g/mol. The molecule has 2 N–H and O–H groups in total. The van der Waals surface area contributed by atoms with Crippen LogP contribution in [0, 0.1) is 0 Å². The second-order valence-corrected chi connectivity index (χ2v) is 3.15. The van der Waals surface area contributed by atoms with Gasteiger partial charge in [-0.1, -0.05) is 6.07 Å². The number of nitrogens with one attached hydrogen (secondary N) is 1. The van der Waals surface area contributed by atoms with Gasteiger partial charge in [-0.25, -0.2) is 4.79 Å². The van der Waals surface area contributed by atoms with Gasteiger partial charge >= 0.3 is 12.3 Å². The van der Waals surface area contributed by atoms with Crippen LogP contribution < -0.4 is 5.32 Å². The van der Waals surface area contributed by atoms with Crippen LogP contribution in [0.15, 0.2) is 18.3 Å². The van der Waals surface area contributed by atoms with Gasteiger partial charge in [-0.15, -0.1) is 0 Å². The highest BCUT2D eigenvalue weighted by Crippen LogP contribution is 2.27. The predicted molar refractivity (Wildman–Crippen MR) is 48.8 cm³/mol. The van der Waals surface area contributed by atoms with Gasteiger partial charge in [0, 0.05) is 6.20 Å². The summed E-state index contributed by atoms with van der Waals surface area (Å²) in [6.45, 7) is 1.51. The molecule has 1 amide bonds. The zero-order chi connectivity index (χ0) is 12.3. The summed E-state index contributed by atoms with van der Waals surface area (Å²) in [6, 6.07) is 1.40. The molecule has 0 saturated carbocycles. The first-order valence-corrected chi connectivity index (χ1v) is 4.33. The number of hydrogen-bond donors (Lipinski definition) is 2. The number of amides is 1. The summed E-state index contributed by atoms with van der Waals surface area (Å²) in [5.41, 5.74) is -0.630. The Morgan fingerprint density at radius 1 is 1.50 bits per heavy atom. The SMILES string of the molecule is C[C@@H](NC(=O)O)c1ccc(C(F)(F)F)nc1. The summed E-state index contributed by atoms with van der Waals surface area (Å²) in [7, 11) is 0. The van der Waals surface area contributed by atoms with E-state index >= 15 is 0 Å². The third-order valence-corrected chi connectivity index (χ3v) is 1.92. The maximum absolute atomic E-state index is 12.2. The first-order chi connectivity index (χ1) is 7.30. The van der Waals surface area contributed by atoms with E-state index in [0.29, 0.717) is 5.56 Å². The molecule has 1 heterocycles. The van der Waals surface area contributed by atoms with E-state index in [1.54, 1.807) is 0 Å². The quantitative estimate of drug-likeness (QED) is 0.826. The molecule has 0 spiro atoms. The minimum Gasteiger partial charge on any atom is -0.465 e. The van der Waals surface area contributed by atoms with Gasteiger partial charge < -0.3 is 10.4 Å². The third kappa shape index (κ3) is 3.11. The first kappa shape index (κ1) is 12.3. The zero-order valence-corrected chi connectivity index (χ0v) is 8.25. The number of nitrogens with zero attached hydrogens (tertiary/aromatic N) is 1. The topological polar surface area (TPSA) is 62.2 Å². The predicted octanol–water partition coefficient (Wildman–Crippen LogP) is 2.43. The van der Waals surface area contributed by atoms with Gasteiger partial charge in [-0.05, 0) is 18.6 Å². The molecular formula is C9H9F3N2O2. The van der Waals surface area contributed by atoms with Crippen LogP contribution >= 0.6 is 0 Å². The maximum atomic E-state index is 12.2. The van der Waals surface area contributed by atoms with E-state index < -0.39 is 24.0 Å². The number of carbonyl (C=O) groups is 1. The van der Waals surface area contributed by atoms with Gasteiger partial charge in [-0.3, -0.25) is 4.98 Å². The molecule has 1 aromatic rings. The van der Waals surface area contributed by atoms with Crippen LogP contribution in [-0.2, 0) is 6.18 Å². The number of rotatable bonds is 2. The van der Waals surface area contributed by atoms with Gasteiger partial charge in [0.15, 0.2) is 0 Å². The number of halogens is 3. The lowest BCUT2D eigenvalue weighted by Crippen LogP contribution is -2.24. The molecule has 0 aliphatic heterocycles. The van der Waals surface area contributed by atoms with Crippen LogP contribution in [0.2, 0.25) is 0 Å². The minimum absolute atomic E-state index is 0.371. The molecule has 1 aromatic heterocycles. The fourth-order valence-electron chi connectivity index (χ4n) is 1.10. The average Bonchev–Trinajstić information content (AvgIpc) is 2.15. The lowest BCUT2D eigenvalue weighted by Gasteiger charge is -2.12. The summed E-state index contributed by atoms with van der Waals surface area (Å²) in [5.74, 6) is 0. The average molecular weight is 234 g/mol. The Labute approximate surface area is 89.1 Å². The molecule has 0 aromatic carbocycles. The van der Waals surface area contributed by atoms with Gasteiger partial charge in [0.1, 0.15) is 5.69 Å². The van der Waals surface area contributed by atoms with Crippen molar-refractivity contribution in [1.29, 1.82) is 0 Å². The van der Waals surface area contributed by atoms with E-state index in [4.69, 9.17) is 5.11 Å². The molecule has 0 unspecified atom stereocenters. The number of hydrogen-bond acceptors (Lipinski definition) is 2. The van der Waals surface area contributed by atoms with E-state index in [0.717, 1.165) is 12.3 Å². The number of aromatic nitrogens is 1. The Bertz CT molecular complexity index is 375. The maximum Gasteiger partial charge on any atom is 0.433 e. The van der Waals surface area contributed by atoms with Crippen molar-refractivity contribution in [3.8, 4) is 0 Å². The molecule has 16 heavy (non-hydrogen) atoms. The van der Waals surface area contributed by atoms with Crippen molar-refractivity contribution in [2.24, 2.45) is 0 Å². The number of alkyl halides is 3. The highest BCUT2D eigenvalue weighted by molar-refractivity contribution is 5.65. The summed E-state index contributed by atoms with van der Waals surface area (Å²) >= 11 is 0. The van der Waals surface area contributed by atoms with Crippen LogP contribution in [0.3, 0.4) is 0 Å². The Kier molecular flexibility index (Phi) is 3.36. The molecule has 1 rings (SSSR count). The lowest BCUT2D eigenvalue weighted by atomic mass is 10.1. The van der Waals surface area contributed by atoms with E-state index in [9.17, 15) is 18.0 Å². The van der Waals surface area contributed by atoms with Crippen LogP contribution in [0.4, 0.5) is 18.0 Å². The van der Waals surface area contributed by atoms with Crippen molar-refractivity contribution in [1.82, 2.24) is 10.3 Å². The monoisotopic (exact) mass is 234 g/mol. The minimum atomic E-state index is -4.48. The second kappa shape index (κ2) is 4.38. The molecule has 88 valence electrons. The lowest BCUT2D eigenvalue weighted by molar-refractivity contribution is -0.141. The molecule has 0 fully saturated rings. The van der Waals surface area contributed by atoms with Crippen molar-refractivity contribution in [2.75, 3.05) is 0 Å². The van der Waals surface area contributed by atoms with Crippen LogP contribution in [0.25, 0.3) is 0 Å². The third-order valence-electron chi connectivity index (χ3n) is 1.92. The Hall–Kier alpha value is -1.79. The molecule has 1 atom stereocenters. The second-order valence-electron chi connectivity index (χ2n) is 3.15. The van der Waals surface area contributed by atoms with E-state index in [1.165, 1.54) is 13.0 Å².